The summed E-state index contributed by atoms with van der Waals surface area (Å²) in [7, 11) is 5.84. The molecule has 2 N–H and O–H groups in total. The van der Waals surface area contributed by atoms with E-state index in [9.17, 15) is 9.59 Å². The number of ether oxygens (including phenoxy) is 5. The van der Waals surface area contributed by atoms with Crippen molar-refractivity contribution in [3.63, 3.8) is 0 Å². The van der Waals surface area contributed by atoms with E-state index in [1.165, 1.54) is 46.8 Å². The number of fused-ring (bicyclic) bond motifs is 1. The van der Waals surface area contributed by atoms with Gasteiger partial charge in [-0.15, -0.1) is 0 Å². The predicted octanol–water partition coefficient (Wildman–Crippen LogP) is 6.61. The minimum Gasteiger partial charge on any atom is -0.493 e. The molecular formula is C33H28BrN3O7. The van der Waals surface area contributed by atoms with E-state index < -0.39 is 11.9 Å². The molecule has 0 radical (unpaired) electrons. The minimum absolute atomic E-state index is 0.184. The zero-order valence-electron chi connectivity index (χ0n) is 24.3. The molecule has 0 unspecified atom stereocenters. The van der Waals surface area contributed by atoms with Gasteiger partial charge >= 0.3 is 5.97 Å². The first kappa shape index (κ1) is 30.2. The van der Waals surface area contributed by atoms with Crippen LogP contribution in [0.1, 0.15) is 26.4 Å². The number of benzene rings is 4. The highest BCUT2D eigenvalue weighted by molar-refractivity contribution is 9.10. The highest BCUT2D eigenvalue weighted by Gasteiger charge is 2.21. The van der Waals surface area contributed by atoms with Crippen molar-refractivity contribution in [2.24, 2.45) is 5.10 Å². The Bertz CT molecular complexity index is 1840. The molecule has 0 saturated heterocycles. The van der Waals surface area contributed by atoms with Crippen LogP contribution in [0.25, 0.3) is 22.0 Å². The van der Waals surface area contributed by atoms with Crippen LogP contribution in [0, 0.1) is 0 Å². The van der Waals surface area contributed by atoms with Gasteiger partial charge in [0, 0.05) is 15.4 Å². The zero-order chi connectivity index (χ0) is 31.2. The van der Waals surface area contributed by atoms with Crippen molar-refractivity contribution >= 4 is 44.9 Å². The molecule has 5 aromatic rings. The van der Waals surface area contributed by atoms with Gasteiger partial charge in [-0.25, -0.2) is 10.2 Å². The summed E-state index contributed by atoms with van der Waals surface area (Å²) in [6, 6.07) is 23.3. The summed E-state index contributed by atoms with van der Waals surface area (Å²) in [6.45, 7) is 0. The molecule has 0 aliphatic carbocycles. The molecule has 0 bridgehead atoms. The number of hydrogen-bond donors (Lipinski definition) is 2. The molecule has 10 nitrogen and oxygen atoms in total. The first-order valence-electron chi connectivity index (χ1n) is 13.3. The fourth-order valence-electron chi connectivity index (χ4n) is 4.68. The van der Waals surface area contributed by atoms with Gasteiger partial charge in [0.15, 0.2) is 23.0 Å². The number of halogens is 1. The largest absolute Gasteiger partial charge is 0.493 e. The Labute approximate surface area is 261 Å². The Hall–Kier alpha value is -5.29. The second-order valence-electron chi connectivity index (χ2n) is 9.32. The lowest BCUT2D eigenvalue weighted by atomic mass is 10.0. The molecule has 224 valence electrons. The molecule has 11 heteroatoms. The number of aromatic nitrogens is 1. The SMILES string of the molecule is COc1cc(C=NNC(=O)c2[nH]c3c(Br)cccc3c2-c2ccccc2)ccc1OC(=O)c1cc(OC)c(OC)c(OC)c1. The number of H-pyrrole nitrogens is 1. The van der Waals surface area contributed by atoms with Crippen LogP contribution in [-0.2, 0) is 0 Å². The summed E-state index contributed by atoms with van der Waals surface area (Å²) in [6.07, 6.45) is 1.46. The lowest BCUT2D eigenvalue weighted by molar-refractivity contribution is 0.0728. The molecule has 1 heterocycles. The van der Waals surface area contributed by atoms with Crippen molar-refractivity contribution in [3.05, 3.63) is 100 Å². The Kier molecular flexibility index (Phi) is 9.15. The summed E-state index contributed by atoms with van der Waals surface area (Å²) < 4.78 is 27.9. The molecular weight excluding hydrogens is 630 g/mol. The Morgan fingerprint density at radius 2 is 1.50 bits per heavy atom. The molecule has 0 aliphatic heterocycles. The van der Waals surface area contributed by atoms with Crippen LogP contribution in [0.15, 0.2) is 88.4 Å². The normalized spacial score (nSPS) is 10.9. The van der Waals surface area contributed by atoms with Gasteiger partial charge in [0.25, 0.3) is 5.91 Å². The number of amides is 1. The van der Waals surface area contributed by atoms with Crippen LogP contribution < -0.4 is 29.1 Å². The number of nitrogens with one attached hydrogen (secondary N) is 2. The number of hydrogen-bond acceptors (Lipinski definition) is 8. The second kappa shape index (κ2) is 13.3. The lowest BCUT2D eigenvalue weighted by Gasteiger charge is -2.14. The van der Waals surface area contributed by atoms with E-state index in [-0.39, 0.29) is 17.1 Å². The molecule has 0 atom stereocenters. The summed E-state index contributed by atoms with van der Waals surface area (Å²) in [5, 5.41) is 5.06. The molecule has 1 aromatic heterocycles. The van der Waals surface area contributed by atoms with Crippen LogP contribution in [0.4, 0.5) is 0 Å². The van der Waals surface area contributed by atoms with E-state index in [0.717, 1.165) is 26.5 Å². The molecule has 44 heavy (non-hydrogen) atoms. The average molecular weight is 659 g/mol. The van der Waals surface area contributed by atoms with Gasteiger partial charge in [-0.2, -0.15) is 5.10 Å². The maximum atomic E-state index is 13.3. The monoisotopic (exact) mass is 657 g/mol. The third-order valence-electron chi connectivity index (χ3n) is 6.74. The van der Waals surface area contributed by atoms with E-state index in [1.807, 2.05) is 48.5 Å². The number of para-hydroxylation sites is 1. The average Bonchev–Trinajstić information content (AvgIpc) is 3.46. The van der Waals surface area contributed by atoms with Crippen molar-refractivity contribution in [1.82, 2.24) is 10.4 Å². The maximum absolute atomic E-state index is 13.3. The van der Waals surface area contributed by atoms with Gasteiger partial charge in [-0.05, 0) is 63.5 Å². The first-order chi connectivity index (χ1) is 21.4. The Morgan fingerprint density at radius 3 is 2.16 bits per heavy atom. The fraction of sp³-hybridized carbons (Fsp3) is 0.121. The van der Waals surface area contributed by atoms with Crippen LogP contribution in [0.2, 0.25) is 0 Å². The lowest BCUT2D eigenvalue weighted by Crippen LogP contribution is -2.18. The van der Waals surface area contributed by atoms with Gasteiger partial charge in [-0.3, -0.25) is 4.79 Å². The van der Waals surface area contributed by atoms with Crippen LogP contribution in [0.5, 0.6) is 28.7 Å². The van der Waals surface area contributed by atoms with E-state index in [2.05, 4.69) is 31.4 Å². The number of rotatable bonds is 10. The standard InChI is InChI=1S/C33H28BrN3O7/c1-40-25-15-19(13-14-24(25)44-33(39)21-16-26(41-2)31(43-4)27(17-21)42-3)18-35-37-32(38)30-28(20-9-6-5-7-10-20)22-11-8-12-23(34)29(22)36-30/h5-18,36H,1-4H3,(H,37,38). The summed E-state index contributed by atoms with van der Waals surface area (Å²) in [4.78, 5) is 29.5. The van der Waals surface area contributed by atoms with Crippen molar-refractivity contribution in [2.75, 3.05) is 28.4 Å². The van der Waals surface area contributed by atoms with E-state index in [0.29, 0.717) is 28.5 Å². The highest BCUT2D eigenvalue weighted by Crippen LogP contribution is 2.39. The van der Waals surface area contributed by atoms with Gasteiger partial charge < -0.3 is 28.7 Å². The fourth-order valence-corrected chi connectivity index (χ4v) is 5.15. The van der Waals surface area contributed by atoms with Crippen molar-refractivity contribution < 1.29 is 33.3 Å². The number of hydrazone groups is 1. The van der Waals surface area contributed by atoms with Gasteiger partial charge in [-0.1, -0.05) is 42.5 Å². The molecule has 0 saturated carbocycles. The van der Waals surface area contributed by atoms with Crippen LogP contribution in [-0.4, -0.2) is 51.5 Å². The van der Waals surface area contributed by atoms with E-state index in [1.54, 1.807) is 18.2 Å². The molecule has 0 spiro atoms. The molecule has 0 aliphatic rings. The van der Waals surface area contributed by atoms with Gasteiger partial charge in [0.2, 0.25) is 5.75 Å². The maximum Gasteiger partial charge on any atom is 0.343 e. The quantitative estimate of drug-likeness (QED) is 0.0750. The zero-order valence-corrected chi connectivity index (χ0v) is 25.9. The molecule has 0 fully saturated rings. The molecule has 1 amide bonds. The number of aromatic amines is 1. The van der Waals surface area contributed by atoms with Crippen LogP contribution in [0.3, 0.4) is 0 Å². The third-order valence-corrected chi connectivity index (χ3v) is 7.40. The van der Waals surface area contributed by atoms with Crippen molar-refractivity contribution in [3.8, 4) is 39.9 Å². The number of carbonyl (C=O) groups excluding carboxylic acids is 2. The summed E-state index contributed by atoms with van der Waals surface area (Å²) in [5.74, 6) is 0.386. The highest BCUT2D eigenvalue weighted by atomic mass is 79.9. The Morgan fingerprint density at radius 1 is 0.795 bits per heavy atom. The number of methoxy groups -OCH3 is 4. The van der Waals surface area contributed by atoms with Crippen LogP contribution >= 0.6 is 15.9 Å². The first-order valence-corrected chi connectivity index (χ1v) is 14.1. The number of nitrogens with zero attached hydrogens (tertiary/aromatic N) is 1. The number of esters is 1. The minimum atomic E-state index is -0.657. The Balaban J connectivity index is 1.34. The third kappa shape index (κ3) is 6.09. The topological polar surface area (TPSA) is 120 Å². The van der Waals surface area contributed by atoms with Gasteiger partial charge in [0.1, 0.15) is 5.69 Å². The number of carbonyl (C=O) groups is 2. The summed E-state index contributed by atoms with van der Waals surface area (Å²) in [5.41, 5.74) is 6.23. The summed E-state index contributed by atoms with van der Waals surface area (Å²) >= 11 is 3.56. The predicted molar refractivity (Wildman–Crippen MR) is 171 cm³/mol. The smallest absolute Gasteiger partial charge is 0.343 e. The van der Waals surface area contributed by atoms with Crippen molar-refractivity contribution in [2.45, 2.75) is 0 Å². The van der Waals surface area contributed by atoms with Crippen molar-refractivity contribution in [1.29, 1.82) is 0 Å². The van der Waals surface area contributed by atoms with Gasteiger partial charge in [0.05, 0.1) is 45.7 Å². The van der Waals surface area contributed by atoms with E-state index >= 15 is 0 Å². The second-order valence-corrected chi connectivity index (χ2v) is 10.2. The van der Waals surface area contributed by atoms with E-state index in [4.69, 9.17) is 23.7 Å². The molecule has 4 aromatic carbocycles. The molecule has 5 rings (SSSR count).